The van der Waals surface area contributed by atoms with Crippen LogP contribution in [0.4, 0.5) is 8.78 Å². The van der Waals surface area contributed by atoms with E-state index in [4.69, 9.17) is 20.3 Å². The fourth-order valence-corrected chi connectivity index (χ4v) is 1.50. The SMILES string of the molecule is COc1cccc(OC)c1[C@H](N)C(F)(F)CO. The molecule has 3 N–H and O–H groups in total. The van der Waals surface area contributed by atoms with Gasteiger partial charge in [0.25, 0.3) is 5.92 Å². The molecule has 1 rings (SSSR count). The number of halogens is 2. The molecule has 0 aliphatic heterocycles. The van der Waals surface area contributed by atoms with E-state index in [2.05, 4.69) is 0 Å². The first-order valence-corrected chi connectivity index (χ1v) is 4.93. The normalized spacial score (nSPS) is 13.3. The van der Waals surface area contributed by atoms with Crippen LogP contribution in [0.15, 0.2) is 18.2 Å². The van der Waals surface area contributed by atoms with Gasteiger partial charge in [0, 0.05) is 0 Å². The van der Waals surface area contributed by atoms with Gasteiger partial charge in [0.2, 0.25) is 0 Å². The molecule has 17 heavy (non-hydrogen) atoms. The van der Waals surface area contributed by atoms with Crippen molar-refractivity contribution in [2.75, 3.05) is 20.8 Å². The summed E-state index contributed by atoms with van der Waals surface area (Å²) in [5.41, 5.74) is 5.50. The zero-order chi connectivity index (χ0) is 13.1. The molecule has 0 aliphatic rings. The first kappa shape index (κ1) is 13.7. The highest BCUT2D eigenvalue weighted by atomic mass is 19.3. The number of ether oxygens (including phenoxy) is 2. The molecular formula is C11H15F2NO3. The third kappa shape index (κ3) is 2.65. The molecule has 0 aliphatic carbocycles. The van der Waals surface area contributed by atoms with Gasteiger partial charge in [-0.05, 0) is 12.1 Å². The van der Waals surface area contributed by atoms with E-state index in [0.29, 0.717) is 0 Å². The molecule has 0 amide bonds. The molecule has 4 nitrogen and oxygen atoms in total. The lowest BCUT2D eigenvalue weighted by Gasteiger charge is -2.24. The summed E-state index contributed by atoms with van der Waals surface area (Å²) < 4.78 is 36.7. The molecular weight excluding hydrogens is 232 g/mol. The third-order valence-corrected chi connectivity index (χ3v) is 2.44. The summed E-state index contributed by atoms with van der Waals surface area (Å²) in [4.78, 5) is 0. The van der Waals surface area contributed by atoms with Crippen LogP contribution >= 0.6 is 0 Å². The quantitative estimate of drug-likeness (QED) is 0.824. The van der Waals surface area contributed by atoms with Crippen LogP contribution in [0.25, 0.3) is 0 Å². The fraction of sp³-hybridized carbons (Fsp3) is 0.455. The average Bonchev–Trinajstić information content (AvgIpc) is 2.36. The fourth-order valence-electron chi connectivity index (χ4n) is 1.50. The summed E-state index contributed by atoms with van der Waals surface area (Å²) in [6.07, 6.45) is 0. The van der Waals surface area contributed by atoms with E-state index in [9.17, 15) is 8.78 Å². The van der Waals surface area contributed by atoms with Gasteiger partial charge in [-0.2, -0.15) is 0 Å². The predicted molar refractivity (Wildman–Crippen MR) is 58.5 cm³/mol. The minimum Gasteiger partial charge on any atom is -0.496 e. The Labute approximate surface area is 97.9 Å². The van der Waals surface area contributed by atoms with Gasteiger partial charge in [-0.15, -0.1) is 0 Å². The number of aliphatic hydroxyl groups is 1. The molecule has 0 spiro atoms. The maximum absolute atomic E-state index is 13.4. The molecule has 0 unspecified atom stereocenters. The molecule has 1 aromatic rings. The van der Waals surface area contributed by atoms with Crippen molar-refractivity contribution in [3.63, 3.8) is 0 Å². The van der Waals surface area contributed by atoms with E-state index in [1.807, 2.05) is 0 Å². The summed E-state index contributed by atoms with van der Waals surface area (Å²) in [5, 5.41) is 8.64. The van der Waals surface area contributed by atoms with Crippen LogP contribution in [-0.2, 0) is 0 Å². The van der Waals surface area contributed by atoms with Gasteiger partial charge in [0.05, 0.1) is 19.8 Å². The Morgan fingerprint density at radius 1 is 1.29 bits per heavy atom. The largest absolute Gasteiger partial charge is 0.496 e. The van der Waals surface area contributed by atoms with Crippen molar-refractivity contribution in [2.24, 2.45) is 5.73 Å². The molecule has 0 saturated heterocycles. The molecule has 0 heterocycles. The van der Waals surface area contributed by atoms with Crippen molar-refractivity contribution in [1.82, 2.24) is 0 Å². The molecule has 96 valence electrons. The van der Waals surface area contributed by atoms with Gasteiger partial charge in [-0.3, -0.25) is 0 Å². The lowest BCUT2D eigenvalue weighted by Crippen LogP contribution is -2.36. The van der Waals surface area contributed by atoms with Crippen LogP contribution in [0.2, 0.25) is 0 Å². The highest BCUT2D eigenvalue weighted by molar-refractivity contribution is 5.47. The molecule has 0 bridgehead atoms. The first-order chi connectivity index (χ1) is 7.97. The third-order valence-electron chi connectivity index (χ3n) is 2.44. The number of benzene rings is 1. The Kier molecular flexibility index (Phi) is 4.25. The van der Waals surface area contributed by atoms with Crippen LogP contribution in [-0.4, -0.2) is 31.9 Å². The second kappa shape index (κ2) is 5.29. The monoisotopic (exact) mass is 247 g/mol. The number of nitrogens with two attached hydrogens (primary N) is 1. The Morgan fingerprint density at radius 2 is 1.76 bits per heavy atom. The summed E-state index contributed by atoms with van der Waals surface area (Å²) in [6, 6.07) is 2.92. The van der Waals surface area contributed by atoms with E-state index < -0.39 is 18.6 Å². The summed E-state index contributed by atoms with van der Waals surface area (Å²) in [6.45, 7) is -1.34. The van der Waals surface area contributed by atoms with E-state index in [-0.39, 0.29) is 17.1 Å². The van der Waals surface area contributed by atoms with Crippen molar-refractivity contribution >= 4 is 0 Å². The molecule has 6 heteroatoms. The Balaban J connectivity index is 3.27. The number of aliphatic hydroxyl groups excluding tert-OH is 1. The van der Waals surface area contributed by atoms with E-state index in [1.165, 1.54) is 26.4 Å². The van der Waals surface area contributed by atoms with E-state index in [0.717, 1.165) is 0 Å². The van der Waals surface area contributed by atoms with Crippen LogP contribution in [0, 0.1) is 0 Å². The van der Waals surface area contributed by atoms with Crippen LogP contribution in [0.1, 0.15) is 11.6 Å². The van der Waals surface area contributed by atoms with Gasteiger partial charge in [-0.25, -0.2) is 8.78 Å². The smallest absolute Gasteiger partial charge is 0.289 e. The molecule has 0 saturated carbocycles. The number of methoxy groups -OCH3 is 2. The van der Waals surface area contributed by atoms with Gasteiger partial charge in [-0.1, -0.05) is 6.07 Å². The highest BCUT2D eigenvalue weighted by Crippen LogP contribution is 2.39. The van der Waals surface area contributed by atoms with Crippen LogP contribution in [0.5, 0.6) is 11.5 Å². The highest BCUT2D eigenvalue weighted by Gasteiger charge is 2.40. The topological polar surface area (TPSA) is 64.7 Å². The maximum Gasteiger partial charge on any atom is 0.289 e. The van der Waals surface area contributed by atoms with Crippen molar-refractivity contribution in [3.8, 4) is 11.5 Å². The minimum atomic E-state index is -3.44. The molecule has 1 aromatic carbocycles. The van der Waals surface area contributed by atoms with Gasteiger partial charge in [0.15, 0.2) is 0 Å². The predicted octanol–water partition coefficient (Wildman–Crippen LogP) is 1.33. The zero-order valence-corrected chi connectivity index (χ0v) is 9.61. The molecule has 0 radical (unpaired) electrons. The molecule has 0 aromatic heterocycles. The second-order valence-electron chi connectivity index (χ2n) is 3.47. The number of hydrogen-bond acceptors (Lipinski definition) is 4. The Hall–Kier alpha value is -1.40. The lowest BCUT2D eigenvalue weighted by atomic mass is 9.99. The lowest BCUT2D eigenvalue weighted by molar-refractivity contribution is -0.0719. The van der Waals surface area contributed by atoms with Crippen molar-refractivity contribution in [3.05, 3.63) is 23.8 Å². The number of hydrogen-bond donors (Lipinski definition) is 2. The minimum absolute atomic E-state index is 0.0385. The summed E-state index contributed by atoms with van der Waals surface area (Å²) >= 11 is 0. The number of rotatable bonds is 5. The Morgan fingerprint density at radius 3 is 2.12 bits per heavy atom. The van der Waals surface area contributed by atoms with Crippen LogP contribution < -0.4 is 15.2 Å². The van der Waals surface area contributed by atoms with Gasteiger partial charge < -0.3 is 20.3 Å². The maximum atomic E-state index is 13.4. The van der Waals surface area contributed by atoms with Crippen molar-refractivity contribution in [2.45, 2.75) is 12.0 Å². The van der Waals surface area contributed by atoms with Gasteiger partial charge >= 0.3 is 0 Å². The van der Waals surface area contributed by atoms with Crippen LogP contribution in [0.3, 0.4) is 0 Å². The Bertz CT molecular complexity index is 363. The molecule has 1 atom stereocenters. The molecule has 0 fully saturated rings. The standard InChI is InChI=1S/C11H15F2NO3/c1-16-7-4-3-5-8(17-2)9(7)10(14)11(12,13)6-15/h3-5,10,15H,6,14H2,1-2H3/t10-/m0/s1. The number of alkyl halides is 2. The van der Waals surface area contributed by atoms with E-state index in [1.54, 1.807) is 6.07 Å². The van der Waals surface area contributed by atoms with E-state index >= 15 is 0 Å². The van der Waals surface area contributed by atoms with Gasteiger partial charge in [0.1, 0.15) is 24.1 Å². The average molecular weight is 247 g/mol. The zero-order valence-electron chi connectivity index (χ0n) is 9.61. The van der Waals surface area contributed by atoms with Crippen molar-refractivity contribution < 1.29 is 23.4 Å². The van der Waals surface area contributed by atoms with Crippen molar-refractivity contribution in [1.29, 1.82) is 0 Å². The second-order valence-corrected chi connectivity index (χ2v) is 3.47. The first-order valence-electron chi connectivity index (χ1n) is 4.93. The summed E-state index contributed by atoms with van der Waals surface area (Å²) in [5.74, 6) is -3.04. The summed E-state index contributed by atoms with van der Waals surface area (Å²) in [7, 11) is 2.70.